The summed E-state index contributed by atoms with van der Waals surface area (Å²) in [7, 11) is 0. The quantitative estimate of drug-likeness (QED) is 0.855. The van der Waals surface area contributed by atoms with Crippen LogP contribution in [-0.2, 0) is 9.59 Å². The van der Waals surface area contributed by atoms with Gasteiger partial charge in [-0.15, -0.1) is 0 Å². The first-order valence-electron chi connectivity index (χ1n) is 4.48. The summed E-state index contributed by atoms with van der Waals surface area (Å²) in [5, 5.41) is 3.01. The fourth-order valence-electron chi connectivity index (χ4n) is 0.972. The molecule has 4 nitrogen and oxygen atoms in total. The molecule has 5 heteroatoms. The zero-order valence-electron chi connectivity index (χ0n) is 8.29. The molecule has 1 aromatic heterocycles. The van der Waals surface area contributed by atoms with Gasteiger partial charge in [0.05, 0.1) is 16.9 Å². The molecule has 0 aromatic carbocycles. The lowest BCUT2D eigenvalue weighted by atomic mass is 10.2. The first kappa shape index (κ1) is 11.7. The molecule has 0 aliphatic carbocycles. The van der Waals surface area contributed by atoms with Gasteiger partial charge in [0.25, 0.3) is 0 Å². The van der Waals surface area contributed by atoms with Crippen molar-refractivity contribution in [1.29, 1.82) is 0 Å². The van der Waals surface area contributed by atoms with Crippen molar-refractivity contribution in [3.8, 4) is 0 Å². The number of carbonyl (C=O) groups is 2. The van der Waals surface area contributed by atoms with E-state index >= 15 is 0 Å². The van der Waals surface area contributed by atoms with Crippen LogP contribution in [0.4, 0.5) is 5.69 Å². The van der Waals surface area contributed by atoms with E-state index < -0.39 is 0 Å². The van der Waals surface area contributed by atoms with Crippen LogP contribution < -0.4 is 5.32 Å². The minimum Gasteiger partial charge on any atom is -0.323 e. The number of anilines is 1. The second-order valence-corrected chi connectivity index (χ2v) is 3.51. The molecule has 0 aliphatic heterocycles. The monoisotopic (exact) mass is 226 g/mol. The molecule has 0 fully saturated rings. The van der Waals surface area contributed by atoms with Crippen LogP contribution in [0.3, 0.4) is 0 Å². The molecule has 1 aromatic rings. The predicted molar refractivity (Wildman–Crippen MR) is 57.8 cm³/mol. The van der Waals surface area contributed by atoms with Crippen molar-refractivity contribution in [3.63, 3.8) is 0 Å². The predicted octanol–water partition coefficient (Wildman–Crippen LogP) is 2.04. The molecule has 0 aliphatic rings. The first-order valence-corrected chi connectivity index (χ1v) is 4.86. The Morgan fingerprint density at radius 1 is 1.47 bits per heavy atom. The van der Waals surface area contributed by atoms with E-state index in [1.54, 1.807) is 6.07 Å². The number of pyridine rings is 1. The molecule has 0 saturated heterocycles. The molecule has 1 amide bonds. The first-order chi connectivity index (χ1) is 7.09. The molecule has 0 unspecified atom stereocenters. The number of hydrogen-bond donors (Lipinski definition) is 1. The van der Waals surface area contributed by atoms with Crippen LogP contribution in [0.15, 0.2) is 18.5 Å². The Kier molecular flexibility index (Phi) is 4.24. The number of ketones is 1. The van der Waals surface area contributed by atoms with E-state index in [2.05, 4.69) is 10.3 Å². The number of hydrogen-bond acceptors (Lipinski definition) is 3. The van der Waals surface area contributed by atoms with Crippen molar-refractivity contribution in [3.05, 3.63) is 23.5 Å². The number of carbonyl (C=O) groups excluding carboxylic acids is 2. The summed E-state index contributed by atoms with van der Waals surface area (Å²) in [6, 6.07) is 1.59. The van der Waals surface area contributed by atoms with Crippen LogP contribution in [0, 0.1) is 0 Å². The summed E-state index contributed by atoms with van der Waals surface area (Å²) in [6.07, 6.45) is 3.41. The molecule has 0 saturated carbocycles. The third kappa shape index (κ3) is 4.08. The fourth-order valence-corrected chi connectivity index (χ4v) is 1.12. The number of rotatable bonds is 4. The van der Waals surface area contributed by atoms with Gasteiger partial charge < -0.3 is 10.1 Å². The Morgan fingerprint density at radius 3 is 2.80 bits per heavy atom. The van der Waals surface area contributed by atoms with E-state index in [0.29, 0.717) is 10.7 Å². The van der Waals surface area contributed by atoms with Crippen molar-refractivity contribution in [1.82, 2.24) is 4.98 Å². The summed E-state index contributed by atoms with van der Waals surface area (Å²) in [4.78, 5) is 25.8. The van der Waals surface area contributed by atoms with Crippen LogP contribution in [0.1, 0.15) is 19.8 Å². The molecule has 1 rings (SSSR count). The van der Waals surface area contributed by atoms with E-state index in [1.165, 1.54) is 19.3 Å². The van der Waals surface area contributed by atoms with Gasteiger partial charge in [-0.3, -0.25) is 9.78 Å². The molecule has 1 N–H and O–H groups in total. The van der Waals surface area contributed by atoms with Gasteiger partial charge in [0.2, 0.25) is 5.91 Å². The van der Waals surface area contributed by atoms with Crippen LogP contribution in [0.2, 0.25) is 5.02 Å². The average molecular weight is 227 g/mol. The Bertz CT molecular complexity index is 379. The van der Waals surface area contributed by atoms with Gasteiger partial charge in [0.15, 0.2) is 0 Å². The molecule has 0 bridgehead atoms. The normalized spacial score (nSPS) is 9.73. The SMILES string of the molecule is CC(=O)CCC(=O)Nc1cnccc1Cl. The highest BCUT2D eigenvalue weighted by Gasteiger charge is 2.06. The maximum atomic E-state index is 11.3. The molecule has 15 heavy (non-hydrogen) atoms. The van der Waals surface area contributed by atoms with Gasteiger partial charge in [0.1, 0.15) is 5.78 Å². The Labute approximate surface area is 92.7 Å². The van der Waals surface area contributed by atoms with Gasteiger partial charge in [-0.2, -0.15) is 0 Å². The molecule has 80 valence electrons. The zero-order chi connectivity index (χ0) is 11.3. The van der Waals surface area contributed by atoms with E-state index in [-0.39, 0.29) is 24.5 Å². The van der Waals surface area contributed by atoms with Crippen LogP contribution in [0.25, 0.3) is 0 Å². The third-order valence-corrected chi connectivity index (χ3v) is 2.08. The maximum Gasteiger partial charge on any atom is 0.224 e. The van der Waals surface area contributed by atoms with E-state index in [0.717, 1.165) is 0 Å². The molecular formula is C10H11ClN2O2. The lowest BCUT2D eigenvalue weighted by molar-refractivity contribution is -0.121. The average Bonchev–Trinajstić information content (AvgIpc) is 2.18. The van der Waals surface area contributed by atoms with Gasteiger partial charge in [-0.1, -0.05) is 11.6 Å². The number of nitrogens with one attached hydrogen (secondary N) is 1. The maximum absolute atomic E-state index is 11.3. The van der Waals surface area contributed by atoms with Crippen molar-refractivity contribution >= 4 is 29.0 Å². The Balaban J connectivity index is 2.52. The number of aromatic nitrogens is 1. The lowest BCUT2D eigenvalue weighted by Gasteiger charge is -2.05. The van der Waals surface area contributed by atoms with Gasteiger partial charge >= 0.3 is 0 Å². The summed E-state index contributed by atoms with van der Waals surface area (Å²) in [5.41, 5.74) is 0.465. The van der Waals surface area contributed by atoms with Crippen molar-refractivity contribution in [2.24, 2.45) is 0 Å². The van der Waals surface area contributed by atoms with E-state index in [1.807, 2.05) is 0 Å². The Morgan fingerprint density at radius 2 is 2.20 bits per heavy atom. The minimum atomic E-state index is -0.236. The molecule has 0 atom stereocenters. The van der Waals surface area contributed by atoms with Gasteiger partial charge in [-0.25, -0.2) is 0 Å². The minimum absolute atomic E-state index is 0.0116. The number of amides is 1. The second-order valence-electron chi connectivity index (χ2n) is 3.11. The largest absolute Gasteiger partial charge is 0.323 e. The second kappa shape index (κ2) is 5.46. The highest BCUT2D eigenvalue weighted by Crippen LogP contribution is 2.19. The van der Waals surface area contributed by atoms with Crippen molar-refractivity contribution < 1.29 is 9.59 Å². The van der Waals surface area contributed by atoms with Crippen molar-refractivity contribution in [2.75, 3.05) is 5.32 Å². The highest BCUT2D eigenvalue weighted by atomic mass is 35.5. The molecule has 0 spiro atoms. The summed E-state index contributed by atoms with van der Waals surface area (Å²) >= 11 is 5.81. The lowest BCUT2D eigenvalue weighted by Crippen LogP contribution is -2.12. The summed E-state index contributed by atoms with van der Waals surface area (Å²) in [5.74, 6) is -0.248. The topological polar surface area (TPSA) is 59.1 Å². The van der Waals surface area contributed by atoms with E-state index in [9.17, 15) is 9.59 Å². The van der Waals surface area contributed by atoms with Crippen molar-refractivity contribution in [2.45, 2.75) is 19.8 Å². The molecular weight excluding hydrogens is 216 g/mol. The number of halogens is 1. The molecule has 1 heterocycles. The third-order valence-electron chi connectivity index (χ3n) is 1.75. The number of Topliss-reactive ketones (excluding diaryl/α,β-unsaturated/α-hetero) is 1. The van der Waals surface area contributed by atoms with Crippen LogP contribution in [-0.4, -0.2) is 16.7 Å². The standard InChI is InChI=1S/C10H11ClN2O2/c1-7(14)2-3-10(15)13-9-6-12-5-4-8(9)11/h4-6H,2-3H2,1H3,(H,13,15). The number of nitrogens with zero attached hydrogens (tertiary/aromatic N) is 1. The summed E-state index contributed by atoms with van der Waals surface area (Å²) < 4.78 is 0. The molecule has 0 radical (unpaired) electrons. The Hall–Kier alpha value is -1.42. The van der Waals surface area contributed by atoms with Gasteiger partial charge in [-0.05, 0) is 13.0 Å². The van der Waals surface area contributed by atoms with Crippen LogP contribution in [0.5, 0.6) is 0 Å². The zero-order valence-corrected chi connectivity index (χ0v) is 9.04. The van der Waals surface area contributed by atoms with E-state index in [4.69, 9.17) is 11.6 Å². The van der Waals surface area contributed by atoms with Crippen LogP contribution >= 0.6 is 11.6 Å². The fraction of sp³-hybridized carbons (Fsp3) is 0.300. The smallest absolute Gasteiger partial charge is 0.224 e. The summed E-state index contributed by atoms with van der Waals surface area (Å²) in [6.45, 7) is 1.45. The highest BCUT2D eigenvalue weighted by molar-refractivity contribution is 6.33. The van der Waals surface area contributed by atoms with Gasteiger partial charge in [0, 0.05) is 19.0 Å².